The van der Waals surface area contributed by atoms with Crippen LogP contribution in [0.3, 0.4) is 0 Å². The Bertz CT molecular complexity index is 1180. The van der Waals surface area contributed by atoms with Crippen LogP contribution in [-0.4, -0.2) is 21.4 Å². The number of hydrogen-bond donors (Lipinski definition) is 2. The first-order valence-corrected chi connectivity index (χ1v) is 10.6. The Morgan fingerprint density at radius 2 is 2.00 bits per heavy atom. The average Bonchev–Trinajstić information content (AvgIpc) is 3.12. The minimum atomic E-state index is -3.91. The molecule has 2 heterocycles. The normalized spacial score (nSPS) is 12.5. The molecule has 1 aliphatic rings. The number of ether oxygens (including phenoxy) is 2. The smallest absolute Gasteiger partial charge is 0.265 e. The fraction of sp³-hybridized carbons (Fsp3) is 0.105. The second-order valence-corrected chi connectivity index (χ2v) is 8.72. The van der Waals surface area contributed by atoms with Gasteiger partial charge in [0.25, 0.3) is 5.91 Å². The van der Waals surface area contributed by atoms with Crippen LogP contribution < -0.4 is 19.9 Å². The summed E-state index contributed by atoms with van der Waals surface area (Å²) in [7, 11) is -2.48. The third-order valence-corrected chi connectivity index (χ3v) is 6.42. The van der Waals surface area contributed by atoms with Crippen molar-refractivity contribution in [3.63, 3.8) is 0 Å². The van der Waals surface area contributed by atoms with Gasteiger partial charge in [-0.3, -0.25) is 4.79 Å². The summed E-state index contributed by atoms with van der Waals surface area (Å²) in [5.41, 5.74) is 2.10. The highest BCUT2D eigenvalue weighted by Gasteiger charge is 2.23. The zero-order chi connectivity index (χ0) is 19.9. The highest BCUT2D eigenvalue weighted by Crippen LogP contribution is 2.42. The Labute approximate surface area is 165 Å². The third kappa shape index (κ3) is 3.35. The van der Waals surface area contributed by atoms with Gasteiger partial charge in [-0.2, -0.15) is 0 Å². The molecule has 3 aromatic rings. The van der Waals surface area contributed by atoms with Crippen LogP contribution in [0, 0.1) is 0 Å². The molecule has 7 nitrogen and oxygen atoms in total. The number of nitrogens with one attached hydrogen (secondary N) is 1. The fourth-order valence-electron chi connectivity index (χ4n) is 2.96. The largest absolute Gasteiger partial charge is 0.495 e. The molecule has 28 heavy (non-hydrogen) atoms. The van der Waals surface area contributed by atoms with Gasteiger partial charge in [0.05, 0.1) is 22.6 Å². The quantitative estimate of drug-likeness (QED) is 0.679. The van der Waals surface area contributed by atoms with Gasteiger partial charge in [-0.25, -0.2) is 13.6 Å². The molecule has 3 N–H and O–H groups in total. The number of anilines is 1. The Morgan fingerprint density at radius 1 is 1.21 bits per heavy atom. The van der Waals surface area contributed by atoms with E-state index in [9.17, 15) is 13.2 Å². The minimum Gasteiger partial charge on any atom is -0.495 e. The molecule has 9 heteroatoms. The van der Waals surface area contributed by atoms with Crippen molar-refractivity contribution in [2.45, 2.75) is 11.5 Å². The molecule has 0 spiro atoms. The van der Waals surface area contributed by atoms with Crippen LogP contribution in [0.15, 0.2) is 53.4 Å². The number of carbonyl (C=O) groups is 1. The van der Waals surface area contributed by atoms with E-state index in [0.29, 0.717) is 17.2 Å². The van der Waals surface area contributed by atoms with Gasteiger partial charge in [-0.05, 0) is 36.4 Å². The molecule has 2 aromatic carbocycles. The highest BCUT2D eigenvalue weighted by molar-refractivity contribution is 7.89. The first-order chi connectivity index (χ1) is 13.4. The van der Waals surface area contributed by atoms with E-state index in [-0.39, 0.29) is 16.5 Å². The summed E-state index contributed by atoms with van der Waals surface area (Å²) in [5.74, 6) is 0.740. The van der Waals surface area contributed by atoms with Crippen molar-refractivity contribution >= 4 is 33.0 Å². The molecule has 0 fully saturated rings. The SMILES string of the molecule is COc1ccc(S(N)(=O)=O)cc1NC(=O)c1cc2c(s1)-c1ccccc1OC2. The lowest BCUT2D eigenvalue weighted by atomic mass is 10.1. The van der Waals surface area contributed by atoms with E-state index in [1.807, 2.05) is 24.3 Å². The Balaban J connectivity index is 1.67. The van der Waals surface area contributed by atoms with E-state index in [1.54, 1.807) is 6.07 Å². The van der Waals surface area contributed by atoms with Crippen LogP contribution in [0.5, 0.6) is 11.5 Å². The van der Waals surface area contributed by atoms with Gasteiger partial charge in [-0.15, -0.1) is 11.3 Å². The van der Waals surface area contributed by atoms with Crippen LogP contribution >= 0.6 is 11.3 Å². The number of amides is 1. The number of carbonyl (C=O) groups excluding carboxylic acids is 1. The fourth-order valence-corrected chi connectivity index (χ4v) is 4.59. The van der Waals surface area contributed by atoms with E-state index >= 15 is 0 Å². The molecule has 4 rings (SSSR count). The van der Waals surface area contributed by atoms with E-state index < -0.39 is 10.0 Å². The van der Waals surface area contributed by atoms with Gasteiger partial charge in [0.15, 0.2) is 0 Å². The number of hydrogen-bond acceptors (Lipinski definition) is 6. The highest BCUT2D eigenvalue weighted by atomic mass is 32.2. The lowest BCUT2D eigenvalue weighted by molar-refractivity contribution is 0.103. The molecular weight excluding hydrogens is 400 g/mol. The molecule has 0 unspecified atom stereocenters. The molecule has 1 aromatic heterocycles. The van der Waals surface area contributed by atoms with Crippen LogP contribution in [0.1, 0.15) is 15.2 Å². The lowest BCUT2D eigenvalue weighted by Crippen LogP contribution is -2.15. The molecule has 0 saturated carbocycles. The zero-order valence-electron chi connectivity index (χ0n) is 14.8. The van der Waals surface area contributed by atoms with Gasteiger partial charge >= 0.3 is 0 Å². The Morgan fingerprint density at radius 3 is 2.75 bits per heavy atom. The van der Waals surface area contributed by atoms with Crippen LogP contribution in [0.2, 0.25) is 0 Å². The molecule has 0 aliphatic carbocycles. The van der Waals surface area contributed by atoms with E-state index in [4.69, 9.17) is 14.6 Å². The topological polar surface area (TPSA) is 108 Å². The van der Waals surface area contributed by atoms with Gasteiger partial charge in [0, 0.05) is 16.0 Å². The van der Waals surface area contributed by atoms with Crippen molar-refractivity contribution in [1.29, 1.82) is 0 Å². The number of sulfonamides is 1. The van der Waals surface area contributed by atoms with Crippen molar-refractivity contribution in [2.24, 2.45) is 5.14 Å². The number of thiophene rings is 1. The number of nitrogens with two attached hydrogens (primary N) is 1. The molecule has 1 amide bonds. The van der Waals surface area contributed by atoms with Gasteiger partial charge in [0.1, 0.15) is 18.1 Å². The van der Waals surface area contributed by atoms with Gasteiger partial charge < -0.3 is 14.8 Å². The molecular formula is C19H16N2O5S2. The van der Waals surface area contributed by atoms with Gasteiger partial charge in [-0.1, -0.05) is 12.1 Å². The minimum absolute atomic E-state index is 0.114. The number of primary sulfonamides is 1. The predicted molar refractivity (Wildman–Crippen MR) is 106 cm³/mol. The summed E-state index contributed by atoms with van der Waals surface area (Å²) < 4.78 is 34.1. The summed E-state index contributed by atoms with van der Waals surface area (Å²) >= 11 is 1.35. The number of para-hydroxylation sites is 1. The second-order valence-electron chi connectivity index (χ2n) is 6.11. The van der Waals surface area contributed by atoms with Crippen molar-refractivity contribution in [2.75, 3.05) is 12.4 Å². The van der Waals surface area contributed by atoms with Crippen molar-refractivity contribution < 1.29 is 22.7 Å². The second kappa shape index (κ2) is 6.93. The van der Waals surface area contributed by atoms with Crippen LogP contribution in [-0.2, 0) is 16.6 Å². The molecule has 0 radical (unpaired) electrons. The van der Waals surface area contributed by atoms with Crippen molar-refractivity contribution in [3.8, 4) is 21.9 Å². The van der Waals surface area contributed by atoms with E-state index in [0.717, 1.165) is 21.8 Å². The maximum atomic E-state index is 12.8. The van der Waals surface area contributed by atoms with Crippen LogP contribution in [0.4, 0.5) is 5.69 Å². The lowest BCUT2D eigenvalue weighted by Gasteiger charge is -2.16. The van der Waals surface area contributed by atoms with Crippen molar-refractivity contribution in [3.05, 3.63) is 59.0 Å². The standard InChI is InChI=1S/C19H16N2O5S2/c1-25-16-7-6-12(28(20,23)24)9-14(16)21-19(22)17-8-11-10-26-15-5-3-2-4-13(15)18(11)27-17/h2-9H,10H2,1H3,(H,21,22)(H2,20,23,24). The molecule has 0 atom stereocenters. The van der Waals surface area contributed by atoms with E-state index in [1.165, 1.54) is 36.6 Å². The zero-order valence-corrected chi connectivity index (χ0v) is 16.4. The predicted octanol–water partition coefficient (Wildman–Crippen LogP) is 3.22. The molecule has 0 bridgehead atoms. The molecule has 144 valence electrons. The maximum Gasteiger partial charge on any atom is 0.265 e. The molecule has 0 saturated heterocycles. The molecule has 1 aliphatic heterocycles. The number of benzene rings is 2. The van der Waals surface area contributed by atoms with E-state index in [2.05, 4.69) is 5.32 Å². The van der Waals surface area contributed by atoms with Crippen LogP contribution in [0.25, 0.3) is 10.4 Å². The monoisotopic (exact) mass is 416 g/mol. The number of fused-ring (bicyclic) bond motifs is 3. The third-order valence-electron chi connectivity index (χ3n) is 4.30. The summed E-state index contributed by atoms with van der Waals surface area (Å²) in [4.78, 5) is 14.1. The summed E-state index contributed by atoms with van der Waals surface area (Å²) in [6.45, 7) is 0.389. The first-order valence-electron chi connectivity index (χ1n) is 8.24. The summed E-state index contributed by atoms with van der Waals surface area (Å²) in [6.07, 6.45) is 0. The Hall–Kier alpha value is -2.88. The Kier molecular flexibility index (Phi) is 4.58. The average molecular weight is 416 g/mol. The summed E-state index contributed by atoms with van der Waals surface area (Å²) in [6, 6.07) is 13.5. The van der Waals surface area contributed by atoms with Crippen molar-refractivity contribution in [1.82, 2.24) is 0 Å². The number of methoxy groups -OCH3 is 1. The first kappa shape index (κ1) is 18.5. The summed E-state index contributed by atoms with van der Waals surface area (Å²) in [5, 5.41) is 7.89. The maximum absolute atomic E-state index is 12.8. The number of rotatable bonds is 4. The van der Waals surface area contributed by atoms with Gasteiger partial charge in [0.2, 0.25) is 10.0 Å².